The number of unbranched alkanes of at least 4 members (excludes halogenated alkanes) is 4. The van der Waals surface area contributed by atoms with Gasteiger partial charge in [-0.2, -0.15) is 0 Å². The van der Waals surface area contributed by atoms with Crippen molar-refractivity contribution in [3.63, 3.8) is 0 Å². The van der Waals surface area contributed by atoms with Crippen LogP contribution in [0, 0.1) is 0 Å². The Morgan fingerprint density at radius 1 is 0.542 bits per heavy atom. The zero-order chi connectivity index (χ0) is 17.3. The van der Waals surface area contributed by atoms with Gasteiger partial charge in [-0.15, -0.1) is 5.73 Å². The molecule has 0 unspecified atom stereocenters. The van der Waals surface area contributed by atoms with E-state index in [2.05, 4.69) is 5.73 Å². The Morgan fingerprint density at radius 3 is 1.38 bits per heavy atom. The molecule has 0 fully saturated rings. The van der Waals surface area contributed by atoms with Gasteiger partial charge in [0, 0.05) is 13.2 Å². The van der Waals surface area contributed by atoms with Crippen LogP contribution in [0.2, 0.25) is 0 Å². The third-order valence-electron chi connectivity index (χ3n) is 5.08. The topological polar surface area (TPSA) is 40.5 Å². The second kappa shape index (κ2) is 15.9. The first-order valence-electron chi connectivity index (χ1n) is 10.5. The molecule has 0 heterocycles. The van der Waals surface area contributed by atoms with Crippen LogP contribution in [0.4, 0.5) is 0 Å². The highest BCUT2D eigenvalue weighted by molar-refractivity contribution is 5.10. The van der Waals surface area contributed by atoms with Gasteiger partial charge in [-0.1, -0.05) is 44.9 Å². The summed E-state index contributed by atoms with van der Waals surface area (Å²) in [5.41, 5.74) is 6.90. The first-order valence-corrected chi connectivity index (χ1v) is 10.5. The van der Waals surface area contributed by atoms with Crippen LogP contribution < -0.4 is 0 Å². The van der Waals surface area contributed by atoms with Gasteiger partial charge in [0.05, 0.1) is 0 Å². The van der Waals surface area contributed by atoms with Crippen molar-refractivity contribution in [3.8, 4) is 0 Å². The van der Waals surface area contributed by atoms with E-state index in [1.165, 1.54) is 94.6 Å². The Balaban J connectivity index is 2.66. The summed E-state index contributed by atoms with van der Waals surface area (Å²) in [5.74, 6) is 0. The van der Waals surface area contributed by atoms with Crippen molar-refractivity contribution >= 4 is 0 Å². The van der Waals surface area contributed by atoms with Gasteiger partial charge in [0.15, 0.2) is 0 Å². The summed E-state index contributed by atoms with van der Waals surface area (Å²) in [6, 6.07) is 0. The highest BCUT2D eigenvalue weighted by Gasteiger charge is 2.04. The SMILES string of the molecule is OCCCCCC1=C=C(CCCCCO)CCCCCCCCC1. The Bertz CT molecular complexity index is 323. The fourth-order valence-electron chi connectivity index (χ4n) is 3.56. The van der Waals surface area contributed by atoms with Gasteiger partial charge in [-0.05, 0) is 75.4 Å². The second-order valence-corrected chi connectivity index (χ2v) is 7.38. The van der Waals surface area contributed by atoms with Crippen LogP contribution in [0.3, 0.4) is 0 Å². The molecule has 0 radical (unpaired) electrons. The molecule has 0 aliphatic heterocycles. The predicted octanol–water partition coefficient (Wildman–Crippen LogP) is 6.07. The molecule has 140 valence electrons. The van der Waals surface area contributed by atoms with Crippen LogP contribution >= 0.6 is 0 Å². The van der Waals surface area contributed by atoms with Gasteiger partial charge < -0.3 is 10.2 Å². The van der Waals surface area contributed by atoms with Gasteiger partial charge in [0.2, 0.25) is 0 Å². The van der Waals surface area contributed by atoms with Crippen LogP contribution in [0.1, 0.15) is 109 Å². The lowest BCUT2D eigenvalue weighted by molar-refractivity contribution is 0.283. The summed E-state index contributed by atoms with van der Waals surface area (Å²) in [4.78, 5) is 0. The molecule has 0 saturated heterocycles. The average Bonchev–Trinajstić information content (AvgIpc) is 2.58. The molecule has 0 aromatic rings. The Morgan fingerprint density at radius 2 is 0.958 bits per heavy atom. The zero-order valence-corrected chi connectivity index (χ0v) is 15.8. The van der Waals surface area contributed by atoms with E-state index in [0.717, 1.165) is 25.7 Å². The number of hydrogen-bond donors (Lipinski definition) is 2. The molecule has 2 heteroatoms. The summed E-state index contributed by atoms with van der Waals surface area (Å²) in [5, 5.41) is 17.9. The quantitative estimate of drug-likeness (QED) is 0.375. The van der Waals surface area contributed by atoms with Gasteiger partial charge in [0.1, 0.15) is 0 Å². The molecule has 24 heavy (non-hydrogen) atoms. The fourth-order valence-corrected chi connectivity index (χ4v) is 3.56. The lowest BCUT2D eigenvalue weighted by Gasteiger charge is -2.10. The maximum atomic E-state index is 8.95. The smallest absolute Gasteiger partial charge is 0.0431 e. The fraction of sp³-hybridized carbons (Fsp3) is 0.864. The van der Waals surface area contributed by atoms with Crippen molar-refractivity contribution in [1.82, 2.24) is 0 Å². The van der Waals surface area contributed by atoms with Crippen LogP contribution in [0.15, 0.2) is 16.9 Å². The molecular formula is C22H40O2. The molecule has 0 saturated carbocycles. The van der Waals surface area contributed by atoms with Crippen LogP contribution in [-0.4, -0.2) is 23.4 Å². The third-order valence-corrected chi connectivity index (χ3v) is 5.08. The molecule has 0 atom stereocenters. The van der Waals surface area contributed by atoms with Crippen molar-refractivity contribution in [3.05, 3.63) is 16.9 Å². The van der Waals surface area contributed by atoms with Gasteiger partial charge in [-0.3, -0.25) is 0 Å². The summed E-state index contributed by atoms with van der Waals surface area (Å²) in [7, 11) is 0. The number of hydrogen-bond acceptors (Lipinski definition) is 2. The lowest BCUT2D eigenvalue weighted by atomic mass is 9.95. The van der Waals surface area contributed by atoms with Gasteiger partial charge in [0.25, 0.3) is 0 Å². The molecule has 1 rings (SSSR count). The standard InChI is InChI=1S/C22H40O2/c23-18-12-6-10-16-21-14-8-4-2-1-3-5-9-15-22(20-21)17-11-7-13-19-24/h23-24H,1-19H2. The lowest BCUT2D eigenvalue weighted by Crippen LogP contribution is -1.92. The largest absolute Gasteiger partial charge is 0.396 e. The van der Waals surface area contributed by atoms with E-state index < -0.39 is 0 Å². The average molecular weight is 337 g/mol. The molecule has 0 spiro atoms. The molecule has 1 aliphatic carbocycles. The molecule has 2 nitrogen and oxygen atoms in total. The molecule has 0 aromatic heterocycles. The minimum atomic E-state index is 0.324. The van der Waals surface area contributed by atoms with E-state index in [1.54, 1.807) is 0 Å². The Labute approximate surface area is 150 Å². The van der Waals surface area contributed by atoms with E-state index >= 15 is 0 Å². The summed E-state index contributed by atoms with van der Waals surface area (Å²) in [6.07, 6.45) is 20.9. The zero-order valence-electron chi connectivity index (χ0n) is 15.8. The van der Waals surface area contributed by atoms with Crippen molar-refractivity contribution in [2.75, 3.05) is 13.2 Å². The number of aliphatic hydroxyl groups excluding tert-OH is 2. The Hall–Kier alpha value is -0.560. The van der Waals surface area contributed by atoms with Crippen molar-refractivity contribution in [1.29, 1.82) is 0 Å². The van der Waals surface area contributed by atoms with Crippen LogP contribution in [0.25, 0.3) is 0 Å². The van der Waals surface area contributed by atoms with E-state index in [4.69, 9.17) is 10.2 Å². The van der Waals surface area contributed by atoms with Crippen molar-refractivity contribution in [2.24, 2.45) is 0 Å². The summed E-state index contributed by atoms with van der Waals surface area (Å²) < 4.78 is 0. The Kier molecular flexibility index (Phi) is 14.3. The maximum absolute atomic E-state index is 8.95. The van der Waals surface area contributed by atoms with E-state index in [1.807, 2.05) is 0 Å². The van der Waals surface area contributed by atoms with Crippen molar-refractivity contribution in [2.45, 2.75) is 109 Å². The maximum Gasteiger partial charge on any atom is 0.0431 e. The third kappa shape index (κ3) is 11.9. The molecule has 0 amide bonds. The molecule has 0 aromatic carbocycles. The van der Waals surface area contributed by atoms with Gasteiger partial charge >= 0.3 is 0 Å². The first-order chi connectivity index (χ1) is 11.9. The normalized spacial score (nSPS) is 17.6. The van der Waals surface area contributed by atoms with E-state index in [0.29, 0.717) is 13.2 Å². The number of rotatable bonds is 10. The molecule has 2 N–H and O–H groups in total. The minimum absolute atomic E-state index is 0.324. The highest BCUT2D eigenvalue weighted by atomic mass is 16.3. The van der Waals surface area contributed by atoms with Gasteiger partial charge in [-0.25, -0.2) is 0 Å². The van der Waals surface area contributed by atoms with Crippen molar-refractivity contribution < 1.29 is 10.2 Å². The number of aliphatic hydroxyl groups is 2. The van der Waals surface area contributed by atoms with Crippen LogP contribution in [0.5, 0.6) is 0 Å². The van der Waals surface area contributed by atoms with E-state index in [-0.39, 0.29) is 0 Å². The molecule has 0 bridgehead atoms. The molecular weight excluding hydrogens is 296 g/mol. The summed E-state index contributed by atoms with van der Waals surface area (Å²) >= 11 is 0. The number of allylic oxidation sites excluding steroid dienone is 1. The minimum Gasteiger partial charge on any atom is -0.396 e. The first kappa shape index (κ1) is 21.5. The summed E-state index contributed by atoms with van der Waals surface area (Å²) in [6.45, 7) is 0.649. The highest BCUT2D eigenvalue weighted by Crippen LogP contribution is 2.22. The van der Waals surface area contributed by atoms with Crippen LogP contribution in [-0.2, 0) is 0 Å². The second-order valence-electron chi connectivity index (χ2n) is 7.38. The monoisotopic (exact) mass is 336 g/mol. The molecule has 1 aliphatic rings. The predicted molar refractivity (Wildman–Crippen MR) is 103 cm³/mol. The van der Waals surface area contributed by atoms with E-state index in [9.17, 15) is 0 Å².